The Morgan fingerprint density at radius 3 is 2.88 bits per heavy atom. The summed E-state index contributed by atoms with van der Waals surface area (Å²) in [4.78, 5) is 15.7. The van der Waals surface area contributed by atoms with E-state index in [2.05, 4.69) is 50.0 Å². The van der Waals surface area contributed by atoms with E-state index in [9.17, 15) is 0 Å². The molecule has 0 aromatic carbocycles. The fraction of sp³-hybridized carbons (Fsp3) is 0.588. The smallest absolute Gasteiger partial charge is 0.254 e. The van der Waals surface area contributed by atoms with Crippen molar-refractivity contribution in [2.24, 2.45) is 0 Å². The third kappa shape index (κ3) is 2.96. The van der Waals surface area contributed by atoms with Crippen LogP contribution in [-0.4, -0.2) is 36.3 Å². The molecule has 1 saturated heterocycles. The van der Waals surface area contributed by atoms with E-state index in [4.69, 9.17) is 4.52 Å². The van der Waals surface area contributed by atoms with Crippen LogP contribution in [-0.2, 0) is 0 Å². The van der Waals surface area contributed by atoms with E-state index >= 15 is 0 Å². The first-order valence-corrected chi connectivity index (χ1v) is 8.91. The number of aryl methyl sites for hydroxylation is 1. The molecule has 8 nitrogen and oxygen atoms in total. The van der Waals surface area contributed by atoms with Gasteiger partial charge in [-0.3, -0.25) is 0 Å². The molecule has 3 aromatic heterocycles. The summed E-state index contributed by atoms with van der Waals surface area (Å²) in [7, 11) is 0. The van der Waals surface area contributed by atoms with Crippen LogP contribution in [0.5, 0.6) is 0 Å². The first-order chi connectivity index (χ1) is 12.1. The molecule has 1 atom stereocenters. The van der Waals surface area contributed by atoms with Gasteiger partial charge in [0, 0.05) is 24.2 Å². The Kier molecular flexibility index (Phi) is 4.10. The monoisotopic (exact) mass is 341 g/mol. The van der Waals surface area contributed by atoms with Crippen molar-refractivity contribution < 1.29 is 4.52 Å². The van der Waals surface area contributed by atoms with Gasteiger partial charge in [0.05, 0.1) is 6.04 Å². The number of hydrogen-bond donors (Lipinski definition) is 0. The molecule has 0 radical (unpaired) electrons. The third-order valence-electron chi connectivity index (χ3n) is 4.66. The van der Waals surface area contributed by atoms with Crippen LogP contribution in [0.2, 0.25) is 0 Å². The summed E-state index contributed by atoms with van der Waals surface area (Å²) < 4.78 is 7.27. The van der Waals surface area contributed by atoms with Crippen molar-refractivity contribution in [3.05, 3.63) is 29.8 Å². The van der Waals surface area contributed by atoms with Gasteiger partial charge in [-0.2, -0.15) is 19.6 Å². The molecule has 0 aliphatic carbocycles. The van der Waals surface area contributed by atoms with E-state index in [-0.39, 0.29) is 12.0 Å². The second kappa shape index (κ2) is 6.42. The van der Waals surface area contributed by atoms with Crippen LogP contribution in [0.25, 0.3) is 5.78 Å². The summed E-state index contributed by atoms with van der Waals surface area (Å²) in [5.74, 6) is 3.28. The van der Waals surface area contributed by atoms with Gasteiger partial charge < -0.3 is 9.42 Å². The van der Waals surface area contributed by atoms with Crippen molar-refractivity contribution in [1.29, 1.82) is 0 Å². The Bertz CT molecular complexity index is 869. The second-order valence-electron chi connectivity index (χ2n) is 6.93. The van der Waals surface area contributed by atoms with Gasteiger partial charge in [-0.1, -0.05) is 31.8 Å². The minimum absolute atomic E-state index is 0.0768. The Balaban J connectivity index is 1.79. The minimum Gasteiger partial charge on any atom is -0.346 e. The molecule has 4 rings (SSSR count). The highest BCUT2D eigenvalue weighted by atomic mass is 16.5. The predicted molar refractivity (Wildman–Crippen MR) is 92.5 cm³/mol. The summed E-state index contributed by atoms with van der Waals surface area (Å²) >= 11 is 0. The highest BCUT2D eigenvalue weighted by Crippen LogP contribution is 2.33. The van der Waals surface area contributed by atoms with E-state index < -0.39 is 0 Å². The van der Waals surface area contributed by atoms with Crippen LogP contribution in [0.4, 0.5) is 5.82 Å². The third-order valence-corrected chi connectivity index (χ3v) is 4.66. The highest BCUT2D eigenvalue weighted by molar-refractivity contribution is 5.48. The zero-order chi connectivity index (χ0) is 17.4. The van der Waals surface area contributed by atoms with E-state index in [1.807, 2.05) is 6.92 Å². The molecular formula is C17H23N7O. The van der Waals surface area contributed by atoms with Crippen molar-refractivity contribution >= 4 is 11.6 Å². The Morgan fingerprint density at radius 1 is 1.20 bits per heavy atom. The zero-order valence-electron chi connectivity index (χ0n) is 14.9. The van der Waals surface area contributed by atoms with Crippen molar-refractivity contribution in [1.82, 2.24) is 29.7 Å². The molecule has 1 unspecified atom stereocenters. The van der Waals surface area contributed by atoms with Crippen LogP contribution < -0.4 is 4.90 Å². The maximum absolute atomic E-state index is 5.47. The van der Waals surface area contributed by atoms with Gasteiger partial charge in [0.1, 0.15) is 12.1 Å². The summed E-state index contributed by atoms with van der Waals surface area (Å²) in [5.41, 5.74) is 0.925. The number of nitrogens with zero attached hydrogens (tertiary/aromatic N) is 7. The van der Waals surface area contributed by atoms with Gasteiger partial charge in [-0.25, -0.2) is 4.98 Å². The second-order valence-corrected chi connectivity index (χ2v) is 6.93. The lowest BCUT2D eigenvalue weighted by Crippen LogP contribution is -2.31. The molecule has 1 aliphatic rings. The molecule has 4 heterocycles. The molecule has 132 valence electrons. The molecule has 0 N–H and O–H groups in total. The van der Waals surface area contributed by atoms with E-state index in [1.54, 1.807) is 10.8 Å². The average molecular weight is 341 g/mol. The lowest BCUT2D eigenvalue weighted by Gasteiger charge is -2.29. The Morgan fingerprint density at radius 2 is 2.08 bits per heavy atom. The lowest BCUT2D eigenvalue weighted by atomic mass is 10.1. The van der Waals surface area contributed by atoms with Crippen LogP contribution in [0, 0.1) is 6.92 Å². The van der Waals surface area contributed by atoms with Crippen LogP contribution in [0.15, 0.2) is 16.9 Å². The van der Waals surface area contributed by atoms with Gasteiger partial charge in [-0.05, 0) is 19.8 Å². The zero-order valence-corrected chi connectivity index (χ0v) is 14.9. The molecule has 1 aliphatic heterocycles. The maximum Gasteiger partial charge on any atom is 0.254 e. The van der Waals surface area contributed by atoms with Gasteiger partial charge >= 0.3 is 0 Å². The van der Waals surface area contributed by atoms with Crippen molar-refractivity contribution in [2.45, 2.75) is 58.4 Å². The maximum atomic E-state index is 5.47. The average Bonchev–Trinajstić information content (AvgIpc) is 3.18. The van der Waals surface area contributed by atoms with Gasteiger partial charge in [0.25, 0.3) is 5.78 Å². The number of aromatic nitrogens is 6. The molecule has 3 aromatic rings. The Hall–Kier alpha value is -2.51. The molecule has 8 heteroatoms. The molecule has 0 saturated carbocycles. The molecule has 25 heavy (non-hydrogen) atoms. The van der Waals surface area contributed by atoms with Crippen molar-refractivity contribution in [3.63, 3.8) is 0 Å². The van der Waals surface area contributed by atoms with Gasteiger partial charge in [0.15, 0.2) is 5.82 Å². The van der Waals surface area contributed by atoms with Crippen molar-refractivity contribution in [2.75, 3.05) is 11.4 Å². The summed E-state index contributed by atoms with van der Waals surface area (Å²) in [6.07, 6.45) is 6.02. The highest BCUT2D eigenvalue weighted by Gasteiger charge is 2.29. The Labute approximate surface area is 146 Å². The van der Waals surface area contributed by atoms with Crippen LogP contribution in [0.3, 0.4) is 0 Å². The fourth-order valence-electron chi connectivity index (χ4n) is 3.38. The molecule has 1 fully saturated rings. The first-order valence-electron chi connectivity index (χ1n) is 8.91. The van der Waals surface area contributed by atoms with Crippen molar-refractivity contribution in [3.8, 4) is 0 Å². The van der Waals surface area contributed by atoms with E-state index in [0.29, 0.717) is 11.7 Å². The first kappa shape index (κ1) is 16.0. The van der Waals surface area contributed by atoms with Gasteiger partial charge in [-0.15, -0.1) is 0 Å². The standard InChI is InChI=1S/C17H23N7O/c1-11(2)16-21-15(22-25-16)13-7-5-4-6-8-23(13)14-9-12(3)20-17-18-10-19-24(14)17/h9-11,13H,4-8H2,1-3H3. The largest absolute Gasteiger partial charge is 0.346 e. The normalized spacial score (nSPS) is 18.9. The summed E-state index contributed by atoms with van der Waals surface area (Å²) in [5, 5.41) is 8.64. The van der Waals surface area contributed by atoms with Crippen LogP contribution >= 0.6 is 0 Å². The molecule has 0 bridgehead atoms. The fourth-order valence-corrected chi connectivity index (χ4v) is 3.38. The summed E-state index contributed by atoms with van der Waals surface area (Å²) in [6, 6.07) is 2.14. The number of hydrogen-bond acceptors (Lipinski definition) is 7. The van der Waals surface area contributed by atoms with E-state index in [1.165, 1.54) is 6.42 Å². The topological polar surface area (TPSA) is 85.2 Å². The SMILES string of the molecule is Cc1cc(N2CCCCCC2c2noc(C(C)C)n2)n2ncnc2n1. The number of fused-ring (bicyclic) bond motifs is 1. The van der Waals surface area contributed by atoms with E-state index in [0.717, 1.165) is 43.1 Å². The lowest BCUT2D eigenvalue weighted by molar-refractivity contribution is 0.356. The molecular weight excluding hydrogens is 318 g/mol. The molecule has 0 spiro atoms. The van der Waals surface area contributed by atoms with Gasteiger partial charge in [0.2, 0.25) is 5.89 Å². The number of rotatable bonds is 3. The quantitative estimate of drug-likeness (QED) is 0.723. The minimum atomic E-state index is 0.0768. The van der Waals surface area contributed by atoms with Crippen LogP contribution in [0.1, 0.15) is 68.9 Å². The predicted octanol–water partition coefficient (Wildman–Crippen LogP) is 3.06. The molecule has 0 amide bonds. The number of anilines is 1. The summed E-state index contributed by atoms with van der Waals surface area (Å²) in [6.45, 7) is 7.03.